The molecule has 0 aromatic carbocycles. The molecule has 16 nitrogen and oxygen atoms in total. The molecule has 6 atom stereocenters. The van der Waals surface area contributed by atoms with E-state index >= 15 is 0 Å². The molecule has 2 fully saturated rings. The second-order valence-corrected chi connectivity index (χ2v) is 10.6. The molecule has 2 saturated heterocycles. The predicted octanol–water partition coefficient (Wildman–Crippen LogP) is -1.03. The van der Waals surface area contributed by atoms with Crippen molar-refractivity contribution in [3.8, 4) is 0 Å². The van der Waals surface area contributed by atoms with Gasteiger partial charge >= 0.3 is 29.2 Å². The van der Waals surface area contributed by atoms with E-state index in [2.05, 4.69) is 22.4 Å². The van der Waals surface area contributed by atoms with Gasteiger partial charge in [0.25, 0.3) is 0 Å². The standard InChI is InChI=1S/C9H13FN3O13P3/c10-3-1-13(9(16)12-7(3)11)8-6(15)5(14)4(23-8)2-22-29(21)25-27(17,18)24-28(19,20)26-29/h1,4-6,8,14-15H,2H2,(H,17,18)(H,19,20)(H2,11,12,16)/t4-,5+,6?,8-/m1/s1. The number of phosphoric acid groups is 3. The Bertz CT molecular complexity index is 989. The first kappa shape index (κ1) is 22.6. The lowest BCUT2D eigenvalue weighted by atomic mass is 10.1. The minimum atomic E-state index is -5.28. The van der Waals surface area contributed by atoms with Gasteiger partial charge in [0.15, 0.2) is 17.9 Å². The van der Waals surface area contributed by atoms with E-state index in [1.807, 2.05) is 0 Å². The first-order valence-corrected chi connectivity index (χ1v) is 11.8. The molecule has 3 unspecified atom stereocenters. The molecule has 1 aromatic rings. The zero-order chi connectivity index (χ0) is 21.8. The number of aromatic nitrogens is 2. The first-order valence-electron chi connectivity index (χ1n) is 7.32. The highest BCUT2D eigenvalue weighted by Gasteiger charge is 2.55. The number of anilines is 1. The van der Waals surface area contributed by atoms with Gasteiger partial charge in [0.2, 0.25) is 0 Å². The number of aliphatic hydroxyl groups is 2. The molecule has 0 amide bonds. The van der Waals surface area contributed by atoms with Crippen LogP contribution in [0.5, 0.6) is 0 Å². The number of hydrogen-bond donors (Lipinski definition) is 5. The number of nitrogen functional groups attached to an aromatic ring is 1. The largest absolute Gasteiger partial charge is 0.492 e. The maximum Gasteiger partial charge on any atom is 0.492 e. The predicted molar refractivity (Wildman–Crippen MR) is 85.3 cm³/mol. The summed E-state index contributed by atoms with van der Waals surface area (Å²) in [6, 6.07) is 0. The second-order valence-electron chi connectivity index (χ2n) is 5.64. The van der Waals surface area contributed by atoms with Gasteiger partial charge in [0.05, 0.1) is 12.8 Å². The minimum Gasteiger partial charge on any atom is -0.387 e. The Morgan fingerprint density at radius 2 is 1.76 bits per heavy atom. The highest BCUT2D eigenvalue weighted by Crippen LogP contribution is 2.80. The zero-order valence-corrected chi connectivity index (χ0v) is 16.4. The van der Waals surface area contributed by atoms with Crippen LogP contribution in [0.25, 0.3) is 0 Å². The van der Waals surface area contributed by atoms with Crippen LogP contribution in [0.15, 0.2) is 11.0 Å². The van der Waals surface area contributed by atoms with Gasteiger partial charge in [-0.25, -0.2) is 22.9 Å². The summed E-state index contributed by atoms with van der Waals surface area (Å²) in [6.07, 6.45) is -6.36. The van der Waals surface area contributed by atoms with Crippen LogP contribution in [-0.2, 0) is 35.9 Å². The van der Waals surface area contributed by atoms with Gasteiger partial charge in [-0.3, -0.25) is 9.09 Å². The van der Waals surface area contributed by atoms with E-state index in [9.17, 15) is 33.1 Å². The molecular formula is C9H13FN3O13P3. The van der Waals surface area contributed by atoms with Crippen molar-refractivity contribution in [2.24, 2.45) is 0 Å². The van der Waals surface area contributed by atoms with Gasteiger partial charge in [-0.05, 0) is 0 Å². The molecule has 0 spiro atoms. The van der Waals surface area contributed by atoms with Gasteiger partial charge < -0.3 is 30.5 Å². The van der Waals surface area contributed by atoms with Crippen LogP contribution in [0.3, 0.4) is 0 Å². The van der Waals surface area contributed by atoms with Crippen LogP contribution in [0.4, 0.5) is 10.2 Å². The Balaban J connectivity index is 1.76. The van der Waals surface area contributed by atoms with Gasteiger partial charge in [-0.2, -0.15) is 17.9 Å². The van der Waals surface area contributed by atoms with Crippen LogP contribution in [0.1, 0.15) is 6.23 Å². The summed E-state index contributed by atoms with van der Waals surface area (Å²) in [7, 11) is -15.7. The van der Waals surface area contributed by atoms with E-state index in [4.69, 9.17) is 20.3 Å². The smallest absolute Gasteiger partial charge is 0.387 e. The third kappa shape index (κ3) is 4.82. The molecule has 164 valence electrons. The Morgan fingerprint density at radius 1 is 1.17 bits per heavy atom. The van der Waals surface area contributed by atoms with Crippen LogP contribution in [0, 0.1) is 5.82 Å². The molecule has 0 radical (unpaired) electrons. The zero-order valence-electron chi connectivity index (χ0n) is 13.7. The molecule has 1 aromatic heterocycles. The lowest BCUT2D eigenvalue weighted by molar-refractivity contribution is -0.0548. The van der Waals surface area contributed by atoms with E-state index in [1.165, 1.54) is 0 Å². The highest BCUT2D eigenvalue weighted by molar-refractivity contribution is 7.74. The highest BCUT2D eigenvalue weighted by atomic mass is 31.3. The molecule has 2 aliphatic rings. The fraction of sp³-hybridized carbons (Fsp3) is 0.556. The number of nitrogens with two attached hydrogens (primary N) is 1. The third-order valence-electron chi connectivity index (χ3n) is 3.56. The maximum absolute atomic E-state index is 13.6. The lowest BCUT2D eigenvalue weighted by Gasteiger charge is -2.27. The maximum atomic E-state index is 13.6. The van der Waals surface area contributed by atoms with Crippen molar-refractivity contribution in [2.75, 3.05) is 12.3 Å². The molecule has 0 aliphatic carbocycles. The van der Waals surface area contributed by atoms with Crippen molar-refractivity contribution >= 4 is 29.3 Å². The van der Waals surface area contributed by atoms with Crippen molar-refractivity contribution in [1.29, 1.82) is 0 Å². The van der Waals surface area contributed by atoms with Crippen molar-refractivity contribution in [3.63, 3.8) is 0 Å². The molecule has 3 heterocycles. The Labute approximate surface area is 159 Å². The van der Waals surface area contributed by atoms with Crippen LogP contribution >= 0.6 is 23.5 Å². The molecule has 0 bridgehead atoms. The Kier molecular flexibility index (Phi) is 5.90. The van der Waals surface area contributed by atoms with Crippen LogP contribution in [-0.4, -0.2) is 54.5 Å². The monoisotopic (exact) mass is 483 g/mol. The Morgan fingerprint density at radius 3 is 2.34 bits per heavy atom. The fourth-order valence-electron chi connectivity index (χ4n) is 2.38. The van der Waals surface area contributed by atoms with Gasteiger partial charge in [-0.1, -0.05) is 0 Å². The molecule has 3 rings (SSSR count). The lowest BCUT2D eigenvalue weighted by Crippen LogP contribution is -2.36. The topological polar surface area (TPSA) is 239 Å². The fourth-order valence-corrected chi connectivity index (χ4v) is 7.31. The van der Waals surface area contributed by atoms with E-state index in [-0.39, 0.29) is 0 Å². The van der Waals surface area contributed by atoms with Crippen LogP contribution < -0.4 is 11.4 Å². The summed E-state index contributed by atoms with van der Waals surface area (Å²) in [5, 5.41) is 20.1. The average Bonchev–Trinajstić information content (AvgIpc) is 2.81. The summed E-state index contributed by atoms with van der Waals surface area (Å²) < 4.78 is 70.3. The van der Waals surface area contributed by atoms with E-state index in [0.29, 0.717) is 10.8 Å². The third-order valence-corrected chi connectivity index (χ3v) is 8.92. The van der Waals surface area contributed by atoms with Crippen molar-refractivity contribution in [2.45, 2.75) is 24.5 Å². The number of hydrogen-bond acceptors (Lipinski definition) is 13. The number of halogens is 1. The average molecular weight is 483 g/mol. The molecular weight excluding hydrogens is 470 g/mol. The van der Waals surface area contributed by atoms with Crippen molar-refractivity contribution in [1.82, 2.24) is 9.55 Å². The van der Waals surface area contributed by atoms with E-state index < -0.39 is 71.9 Å². The summed E-state index contributed by atoms with van der Waals surface area (Å²) in [5.74, 6) is -1.84. The molecule has 0 saturated carbocycles. The number of ether oxygens (including phenoxy) is 1. The van der Waals surface area contributed by atoms with Gasteiger partial charge in [0, 0.05) is 0 Å². The molecule has 20 heteroatoms. The van der Waals surface area contributed by atoms with E-state index in [0.717, 1.165) is 0 Å². The normalized spacial score (nSPS) is 42.8. The number of nitrogens with zero attached hydrogens (tertiary/aromatic N) is 2. The summed E-state index contributed by atoms with van der Waals surface area (Å²) in [5.41, 5.74) is 4.01. The minimum absolute atomic E-state index is 0.479. The molecule has 29 heavy (non-hydrogen) atoms. The first-order chi connectivity index (χ1) is 13.2. The Hall–Kier alpha value is -1.06. The van der Waals surface area contributed by atoms with Crippen molar-refractivity contribution < 1.29 is 60.3 Å². The van der Waals surface area contributed by atoms with E-state index in [1.54, 1.807) is 0 Å². The SMILES string of the molecule is Nc1nc(=O)n([C@@H]2O[C@H](COP3(=O)OP(=O)(O)OP(=O)(O)O3)[C@H](O)C2O)cc1F. The number of rotatable bonds is 4. The summed E-state index contributed by atoms with van der Waals surface area (Å²) in [4.78, 5) is 33.3. The quantitative estimate of drug-likeness (QED) is 0.322. The van der Waals surface area contributed by atoms with Crippen LogP contribution in [0.2, 0.25) is 0 Å². The molecule has 2 aliphatic heterocycles. The summed E-state index contributed by atoms with van der Waals surface area (Å²) >= 11 is 0. The van der Waals surface area contributed by atoms with Gasteiger partial charge in [-0.15, -0.1) is 0 Å². The molecule has 6 N–H and O–H groups in total. The van der Waals surface area contributed by atoms with Crippen molar-refractivity contribution in [3.05, 3.63) is 22.5 Å². The number of aliphatic hydroxyl groups excluding tert-OH is 2. The summed E-state index contributed by atoms with van der Waals surface area (Å²) in [6.45, 7) is -0.994. The second kappa shape index (κ2) is 7.57. The van der Waals surface area contributed by atoms with Gasteiger partial charge in [0.1, 0.15) is 18.3 Å².